The zero-order valence-corrected chi connectivity index (χ0v) is 10.3. The number of amides is 1. The fourth-order valence-electron chi connectivity index (χ4n) is 2.11. The fourth-order valence-corrected chi connectivity index (χ4v) is 2.11. The summed E-state index contributed by atoms with van der Waals surface area (Å²) in [4.78, 5) is 11.0. The number of nitrogens with one attached hydrogen (secondary N) is 1. The maximum atomic E-state index is 11.0. The van der Waals surface area contributed by atoms with Gasteiger partial charge in [0.15, 0.2) is 0 Å². The highest BCUT2D eigenvalue weighted by atomic mass is 16.5. The quantitative estimate of drug-likeness (QED) is 0.749. The smallest absolute Gasteiger partial charge is 0.427 e. The molecule has 0 radical (unpaired) electrons. The first-order chi connectivity index (χ1) is 7.76. The molecule has 1 saturated carbocycles. The number of carbonyl (C=O) groups is 1. The second-order valence-electron chi connectivity index (χ2n) is 4.24. The molecule has 0 spiro atoms. The van der Waals surface area contributed by atoms with Crippen LogP contribution in [0.25, 0.3) is 0 Å². The molecule has 0 heterocycles. The van der Waals surface area contributed by atoms with E-state index in [0.29, 0.717) is 6.61 Å². The lowest BCUT2D eigenvalue weighted by molar-refractivity contribution is 0.152. The topological polar surface area (TPSA) is 50.7 Å². The van der Waals surface area contributed by atoms with Crippen LogP contribution in [0.2, 0.25) is 0 Å². The van der Waals surface area contributed by atoms with Crippen molar-refractivity contribution >= 4 is 11.8 Å². The van der Waals surface area contributed by atoms with Gasteiger partial charge < -0.3 is 4.74 Å². The van der Waals surface area contributed by atoms with Crippen LogP contribution in [0.4, 0.5) is 4.79 Å². The van der Waals surface area contributed by atoms with Gasteiger partial charge in [-0.05, 0) is 38.5 Å². The molecule has 1 amide bonds. The first kappa shape index (κ1) is 13.0. The predicted molar refractivity (Wildman–Crippen MR) is 64.5 cm³/mol. The lowest BCUT2D eigenvalue weighted by atomic mass is 9.85. The monoisotopic (exact) mass is 226 g/mol. The Balaban J connectivity index is 2.24. The molecule has 0 aromatic rings. The first-order valence-corrected chi connectivity index (χ1v) is 6.24. The summed E-state index contributed by atoms with van der Waals surface area (Å²) in [5.74, 6) is 0.853. The van der Waals surface area contributed by atoms with Gasteiger partial charge in [0.25, 0.3) is 0 Å². The summed E-state index contributed by atoms with van der Waals surface area (Å²) in [5, 5.41) is 4.09. The summed E-state index contributed by atoms with van der Waals surface area (Å²) < 4.78 is 4.74. The van der Waals surface area contributed by atoms with Gasteiger partial charge in [0.1, 0.15) is 0 Å². The van der Waals surface area contributed by atoms with E-state index in [1.165, 1.54) is 25.7 Å². The normalized spacial score (nSPS) is 20.4. The first-order valence-electron chi connectivity index (χ1n) is 6.24. The lowest BCUT2D eigenvalue weighted by Gasteiger charge is -2.22. The number of rotatable bonds is 4. The molecular weight excluding hydrogens is 204 g/mol. The second-order valence-corrected chi connectivity index (χ2v) is 4.24. The molecule has 1 fully saturated rings. The van der Waals surface area contributed by atoms with Crippen molar-refractivity contribution in [3.63, 3.8) is 0 Å². The van der Waals surface area contributed by atoms with Gasteiger partial charge in [0.05, 0.1) is 6.61 Å². The Hall–Kier alpha value is -1.06. The van der Waals surface area contributed by atoms with Gasteiger partial charge in [-0.15, -0.1) is 0 Å². The van der Waals surface area contributed by atoms with Crippen molar-refractivity contribution in [1.82, 2.24) is 5.43 Å². The molecule has 1 aliphatic carbocycles. The zero-order chi connectivity index (χ0) is 11.8. The van der Waals surface area contributed by atoms with E-state index in [2.05, 4.69) is 17.5 Å². The second kappa shape index (κ2) is 7.25. The highest BCUT2D eigenvalue weighted by molar-refractivity contribution is 5.86. The Morgan fingerprint density at radius 2 is 2.12 bits per heavy atom. The van der Waals surface area contributed by atoms with Crippen molar-refractivity contribution in [3.8, 4) is 0 Å². The van der Waals surface area contributed by atoms with E-state index in [1.54, 1.807) is 6.92 Å². The minimum atomic E-state index is -0.453. The van der Waals surface area contributed by atoms with Crippen LogP contribution in [-0.4, -0.2) is 18.4 Å². The highest BCUT2D eigenvalue weighted by Gasteiger charge is 2.16. The molecule has 1 N–H and O–H groups in total. The molecule has 0 saturated heterocycles. The standard InChI is InChI=1S/C12H22N2O2/c1-3-5-10-6-8-11(9-7-10)13-14-12(15)16-4-2/h10H,3-9H2,1-2H3,(H,14,15). The van der Waals surface area contributed by atoms with Crippen LogP contribution in [0.1, 0.15) is 52.4 Å². The maximum absolute atomic E-state index is 11.0. The zero-order valence-electron chi connectivity index (χ0n) is 10.3. The molecule has 1 rings (SSSR count). The molecule has 0 aromatic heterocycles. The Morgan fingerprint density at radius 1 is 1.44 bits per heavy atom. The van der Waals surface area contributed by atoms with Crippen molar-refractivity contribution in [1.29, 1.82) is 0 Å². The SMILES string of the molecule is CCCC1CCC(=NNC(=O)OCC)CC1. The number of nitrogens with zero attached hydrogens (tertiary/aromatic N) is 1. The summed E-state index contributed by atoms with van der Waals surface area (Å²) in [6.07, 6.45) is 6.56. The Kier molecular flexibility index (Phi) is 5.90. The molecule has 92 valence electrons. The van der Waals surface area contributed by atoms with Crippen LogP contribution in [0.5, 0.6) is 0 Å². The lowest BCUT2D eigenvalue weighted by Crippen LogP contribution is -2.22. The molecule has 0 atom stereocenters. The summed E-state index contributed by atoms with van der Waals surface area (Å²) in [6.45, 7) is 4.39. The number of hydrazone groups is 1. The van der Waals surface area contributed by atoms with Crippen LogP contribution in [-0.2, 0) is 4.74 Å². The van der Waals surface area contributed by atoms with E-state index in [1.807, 2.05) is 0 Å². The van der Waals surface area contributed by atoms with Crippen molar-refractivity contribution < 1.29 is 9.53 Å². The van der Waals surface area contributed by atoms with Crippen LogP contribution >= 0.6 is 0 Å². The van der Waals surface area contributed by atoms with Crippen LogP contribution in [0.3, 0.4) is 0 Å². The van der Waals surface area contributed by atoms with Crippen molar-refractivity contribution in [2.75, 3.05) is 6.61 Å². The Morgan fingerprint density at radius 3 is 2.69 bits per heavy atom. The van der Waals surface area contributed by atoms with Gasteiger partial charge in [-0.3, -0.25) is 0 Å². The number of hydrogen-bond acceptors (Lipinski definition) is 3. The van der Waals surface area contributed by atoms with E-state index in [-0.39, 0.29) is 0 Å². The molecule has 16 heavy (non-hydrogen) atoms. The van der Waals surface area contributed by atoms with E-state index >= 15 is 0 Å². The van der Waals surface area contributed by atoms with Gasteiger partial charge >= 0.3 is 6.09 Å². The third kappa shape index (κ3) is 4.64. The van der Waals surface area contributed by atoms with Crippen molar-refractivity contribution in [2.24, 2.45) is 11.0 Å². The number of carbonyl (C=O) groups excluding carboxylic acids is 1. The van der Waals surface area contributed by atoms with Gasteiger partial charge in [-0.25, -0.2) is 10.2 Å². The van der Waals surface area contributed by atoms with Crippen LogP contribution < -0.4 is 5.43 Å². The highest BCUT2D eigenvalue weighted by Crippen LogP contribution is 2.25. The molecule has 0 bridgehead atoms. The molecule has 1 aliphatic rings. The number of ether oxygens (including phenoxy) is 1. The fraction of sp³-hybridized carbons (Fsp3) is 0.833. The maximum Gasteiger partial charge on any atom is 0.427 e. The van der Waals surface area contributed by atoms with Crippen molar-refractivity contribution in [2.45, 2.75) is 52.4 Å². The van der Waals surface area contributed by atoms with Crippen LogP contribution in [0, 0.1) is 5.92 Å². The molecule has 4 nitrogen and oxygen atoms in total. The summed E-state index contributed by atoms with van der Waals surface area (Å²) in [6, 6.07) is 0. The van der Waals surface area contributed by atoms with E-state index in [0.717, 1.165) is 24.5 Å². The molecule has 0 aliphatic heterocycles. The summed E-state index contributed by atoms with van der Waals surface area (Å²) in [5.41, 5.74) is 3.52. The molecule has 0 aromatic carbocycles. The number of hydrogen-bond donors (Lipinski definition) is 1. The molecular formula is C12H22N2O2. The summed E-state index contributed by atoms with van der Waals surface area (Å²) >= 11 is 0. The minimum Gasteiger partial charge on any atom is -0.449 e. The summed E-state index contributed by atoms with van der Waals surface area (Å²) in [7, 11) is 0. The average Bonchev–Trinajstić information content (AvgIpc) is 2.29. The van der Waals surface area contributed by atoms with Gasteiger partial charge in [-0.2, -0.15) is 5.10 Å². The van der Waals surface area contributed by atoms with E-state index in [4.69, 9.17) is 4.74 Å². The predicted octanol–water partition coefficient (Wildman–Crippen LogP) is 3.08. The van der Waals surface area contributed by atoms with Crippen LogP contribution in [0.15, 0.2) is 5.10 Å². The largest absolute Gasteiger partial charge is 0.449 e. The van der Waals surface area contributed by atoms with E-state index in [9.17, 15) is 4.79 Å². The Labute approximate surface area is 97.4 Å². The Bertz CT molecular complexity index is 241. The van der Waals surface area contributed by atoms with Gasteiger partial charge in [-0.1, -0.05) is 19.8 Å². The minimum absolute atomic E-state index is 0.384. The van der Waals surface area contributed by atoms with Crippen molar-refractivity contribution in [3.05, 3.63) is 0 Å². The molecule has 0 unspecified atom stereocenters. The third-order valence-electron chi connectivity index (χ3n) is 2.96. The van der Waals surface area contributed by atoms with Gasteiger partial charge in [0.2, 0.25) is 0 Å². The van der Waals surface area contributed by atoms with Gasteiger partial charge in [0, 0.05) is 5.71 Å². The molecule has 4 heteroatoms. The third-order valence-corrected chi connectivity index (χ3v) is 2.96. The average molecular weight is 226 g/mol. The van der Waals surface area contributed by atoms with E-state index < -0.39 is 6.09 Å².